The van der Waals surface area contributed by atoms with E-state index in [0.29, 0.717) is 35.8 Å². The molecule has 2 aliphatic rings. The van der Waals surface area contributed by atoms with Crippen LogP contribution in [-0.4, -0.2) is 44.1 Å². The molecular weight excluding hydrogens is 552 g/mol. The maximum atomic E-state index is 13.8. The molecule has 0 saturated heterocycles. The lowest BCUT2D eigenvalue weighted by Crippen LogP contribution is -2.28. The second-order valence-corrected chi connectivity index (χ2v) is 13.1. The van der Waals surface area contributed by atoms with Gasteiger partial charge in [0.05, 0.1) is 67.4 Å². The minimum Gasteiger partial charge on any atom is -0.495 e. The largest absolute Gasteiger partial charge is 0.495 e. The Morgan fingerprint density at radius 2 is 1.50 bits per heavy atom. The summed E-state index contributed by atoms with van der Waals surface area (Å²) in [6, 6.07) is 7.24. The molecule has 1 saturated carbocycles. The molecule has 1 fully saturated rings. The van der Waals surface area contributed by atoms with Gasteiger partial charge in [0.25, 0.3) is 0 Å². The summed E-state index contributed by atoms with van der Waals surface area (Å²) in [4.78, 5) is 13.7. The zero-order valence-electron chi connectivity index (χ0n) is 24.2. The second kappa shape index (κ2) is 11.4. The van der Waals surface area contributed by atoms with E-state index in [1.54, 1.807) is 39.0 Å². The van der Waals surface area contributed by atoms with Gasteiger partial charge in [0.2, 0.25) is 10.0 Å². The zero-order valence-corrected chi connectivity index (χ0v) is 25.0. The van der Waals surface area contributed by atoms with E-state index in [1.165, 1.54) is 0 Å². The van der Waals surface area contributed by atoms with E-state index in [0.717, 1.165) is 46.4 Å². The topological polar surface area (TPSA) is 127 Å². The van der Waals surface area contributed by atoms with Crippen molar-refractivity contribution in [1.29, 1.82) is 0 Å². The van der Waals surface area contributed by atoms with Crippen LogP contribution >= 0.6 is 0 Å². The van der Waals surface area contributed by atoms with Crippen molar-refractivity contribution in [2.24, 2.45) is 5.92 Å². The van der Waals surface area contributed by atoms with Crippen LogP contribution in [0.5, 0.6) is 11.5 Å². The monoisotopic (exact) mass is 588 g/mol. The number of sulfonamides is 1. The van der Waals surface area contributed by atoms with Gasteiger partial charge in [-0.2, -0.15) is 0 Å². The first-order valence-electron chi connectivity index (χ1n) is 14.2. The van der Waals surface area contributed by atoms with Crippen LogP contribution in [0.25, 0.3) is 10.8 Å². The summed E-state index contributed by atoms with van der Waals surface area (Å²) in [5.41, 5.74) is 4.43. The fourth-order valence-electron chi connectivity index (χ4n) is 5.57. The number of nitrogens with one attached hydrogen (secondary N) is 3. The van der Waals surface area contributed by atoms with Gasteiger partial charge in [0.15, 0.2) is 0 Å². The van der Waals surface area contributed by atoms with Crippen LogP contribution in [0, 0.1) is 5.92 Å². The fourth-order valence-corrected chi connectivity index (χ4v) is 7.02. The highest BCUT2D eigenvalue weighted by molar-refractivity contribution is 7.89. The maximum absolute atomic E-state index is 13.8. The predicted molar refractivity (Wildman–Crippen MR) is 163 cm³/mol. The summed E-state index contributed by atoms with van der Waals surface area (Å²) >= 11 is 0. The van der Waals surface area contributed by atoms with Crippen molar-refractivity contribution in [3.05, 3.63) is 72.1 Å². The Morgan fingerprint density at radius 3 is 2.10 bits per heavy atom. The molecule has 3 N–H and O–H groups in total. The third-order valence-electron chi connectivity index (χ3n) is 7.82. The minimum atomic E-state index is -3.80. The summed E-state index contributed by atoms with van der Waals surface area (Å²) in [6.07, 6.45) is 11.5. The average Bonchev–Trinajstić information content (AvgIpc) is 3.79. The highest BCUT2D eigenvalue weighted by Crippen LogP contribution is 2.48. The van der Waals surface area contributed by atoms with Crippen molar-refractivity contribution >= 4 is 32.2 Å². The molecule has 0 aliphatic heterocycles. The van der Waals surface area contributed by atoms with E-state index >= 15 is 0 Å². The molecule has 2 aliphatic carbocycles. The van der Waals surface area contributed by atoms with Gasteiger partial charge in [-0.1, -0.05) is 13.8 Å². The number of methoxy groups -OCH3 is 2. The van der Waals surface area contributed by atoms with Crippen LogP contribution in [0.1, 0.15) is 67.9 Å². The Balaban J connectivity index is 1.51. The molecule has 220 valence electrons. The number of aromatic nitrogens is 3. The minimum absolute atomic E-state index is 0.151. The molecule has 3 aromatic heterocycles. The molecule has 0 amide bonds. The number of pyridine rings is 3. The molecule has 4 aromatic rings. The molecular formula is C31H36N6O4S. The zero-order chi connectivity index (χ0) is 29.4. The van der Waals surface area contributed by atoms with Crippen LogP contribution in [0.4, 0.5) is 11.4 Å². The van der Waals surface area contributed by atoms with Gasteiger partial charge < -0.3 is 20.1 Å². The summed E-state index contributed by atoms with van der Waals surface area (Å²) in [5.74, 6) is 1.83. The van der Waals surface area contributed by atoms with Gasteiger partial charge >= 0.3 is 0 Å². The number of fused-ring (bicyclic) bond motifs is 3. The molecule has 10 nitrogen and oxygen atoms in total. The van der Waals surface area contributed by atoms with E-state index in [-0.39, 0.29) is 22.9 Å². The number of hydrogen-bond acceptors (Lipinski definition) is 9. The van der Waals surface area contributed by atoms with Gasteiger partial charge in [-0.05, 0) is 48.4 Å². The van der Waals surface area contributed by atoms with Crippen molar-refractivity contribution in [2.45, 2.75) is 56.0 Å². The molecule has 42 heavy (non-hydrogen) atoms. The normalized spacial score (nSPS) is 18.2. The molecule has 2 unspecified atom stereocenters. The summed E-state index contributed by atoms with van der Waals surface area (Å²) in [6.45, 7) is 4.33. The molecule has 2 atom stereocenters. The van der Waals surface area contributed by atoms with Gasteiger partial charge in [-0.3, -0.25) is 15.0 Å². The smallest absolute Gasteiger partial charge is 0.241 e. The van der Waals surface area contributed by atoms with Crippen LogP contribution in [0.3, 0.4) is 0 Å². The lowest BCUT2D eigenvalue weighted by Gasteiger charge is -2.20. The molecule has 6 rings (SSSR count). The van der Waals surface area contributed by atoms with Gasteiger partial charge in [0, 0.05) is 47.3 Å². The number of benzene rings is 1. The van der Waals surface area contributed by atoms with Crippen LogP contribution in [-0.2, 0) is 10.0 Å². The van der Waals surface area contributed by atoms with Crippen molar-refractivity contribution < 1.29 is 17.9 Å². The molecule has 1 aromatic carbocycles. The molecule has 0 spiro atoms. The molecule has 3 heterocycles. The molecule has 0 bridgehead atoms. The van der Waals surface area contributed by atoms with E-state index in [9.17, 15) is 8.42 Å². The maximum Gasteiger partial charge on any atom is 0.241 e. The third-order valence-corrected chi connectivity index (χ3v) is 9.28. The first-order valence-corrected chi connectivity index (χ1v) is 15.7. The standard InChI is InChI=1S/C31H36N6O4S/c1-18(2)12-35-42(38,39)30-10-25-28(36-20-7-22(40-3)15-32-13-20)11-29(37-21-8-23(41-4)16-33-14-21)31(25)26-17-34-27(9-24(26)30)19-5-6-19/h7-10,13-19,28-29,35-37H,5-6,11-12H2,1-4H3. The molecule has 0 radical (unpaired) electrons. The number of ether oxygens (including phenoxy) is 2. The van der Waals surface area contributed by atoms with Crippen LogP contribution in [0.2, 0.25) is 0 Å². The summed E-state index contributed by atoms with van der Waals surface area (Å²) in [7, 11) is -0.591. The Labute approximate surface area is 246 Å². The number of anilines is 2. The number of hydrogen-bond donors (Lipinski definition) is 3. The summed E-state index contributed by atoms with van der Waals surface area (Å²) < 4.78 is 41.3. The second-order valence-electron chi connectivity index (χ2n) is 11.4. The van der Waals surface area contributed by atoms with E-state index in [2.05, 4.69) is 25.3 Å². The highest BCUT2D eigenvalue weighted by Gasteiger charge is 2.36. The molecule has 11 heteroatoms. The van der Waals surface area contributed by atoms with E-state index < -0.39 is 10.0 Å². The van der Waals surface area contributed by atoms with Crippen molar-refractivity contribution in [3.63, 3.8) is 0 Å². The van der Waals surface area contributed by atoms with Crippen LogP contribution in [0.15, 0.2) is 60.1 Å². The average molecular weight is 589 g/mol. The SMILES string of the molecule is COc1cncc(NC2CC(Nc3cncc(OC)c3)c3c2cc(S(=O)(=O)NCC(C)C)c2cc(C4CC4)ncc32)c1. The van der Waals surface area contributed by atoms with Crippen molar-refractivity contribution in [1.82, 2.24) is 19.7 Å². The first-order chi connectivity index (χ1) is 20.3. The van der Waals surface area contributed by atoms with Gasteiger partial charge in [-0.25, -0.2) is 13.1 Å². The third kappa shape index (κ3) is 5.71. The number of rotatable bonds is 11. The summed E-state index contributed by atoms with van der Waals surface area (Å²) in [5, 5.41) is 8.74. The lowest BCUT2D eigenvalue weighted by atomic mass is 9.98. The Bertz CT molecular complexity index is 1720. The van der Waals surface area contributed by atoms with Crippen molar-refractivity contribution in [2.75, 3.05) is 31.4 Å². The van der Waals surface area contributed by atoms with E-state index in [1.807, 2.05) is 44.3 Å². The number of nitrogens with zero attached hydrogens (tertiary/aromatic N) is 3. The lowest BCUT2D eigenvalue weighted by molar-refractivity contribution is 0.413. The fraction of sp³-hybridized carbons (Fsp3) is 0.387. The Morgan fingerprint density at radius 1 is 0.857 bits per heavy atom. The van der Waals surface area contributed by atoms with Gasteiger partial charge in [0.1, 0.15) is 11.5 Å². The van der Waals surface area contributed by atoms with E-state index in [4.69, 9.17) is 14.5 Å². The Kier molecular flexibility index (Phi) is 7.63. The Hall–Kier alpha value is -3.96. The van der Waals surface area contributed by atoms with Gasteiger partial charge in [-0.15, -0.1) is 0 Å². The highest BCUT2D eigenvalue weighted by atomic mass is 32.2. The van der Waals surface area contributed by atoms with Crippen LogP contribution < -0.4 is 24.8 Å². The first kappa shape index (κ1) is 28.2. The van der Waals surface area contributed by atoms with Crippen molar-refractivity contribution in [3.8, 4) is 11.5 Å². The predicted octanol–water partition coefficient (Wildman–Crippen LogP) is 5.56. The quantitative estimate of drug-likeness (QED) is 0.206.